The molecule has 7 nitrogen and oxygen atoms in total. The van der Waals surface area contributed by atoms with Crippen molar-refractivity contribution in [1.29, 1.82) is 0 Å². The number of aliphatic hydroxyl groups is 1. The van der Waals surface area contributed by atoms with E-state index in [1.165, 1.54) is 6.33 Å². The number of hydrogen-bond acceptors (Lipinski definition) is 7. The van der Waals surface area contributed by atoms with Gasteiger partial charge in [-0.3, -0.25) is 4.90 Å². The van der Waals surface area contributed by atoms with E-state index in [0.717, 1.165) is 45.0 Å². The van der Waals surface area contributed by atoms with E-state index in [9.17, 15) is 0 Å². The van der Waals surface area contributed by atoms with Crippen LogP contribution in [0.2, 0.25) is 0 Å². The van der Waals surface area contributed by atoms with Crippen molar-refractivity contribution in [3.05, 3.63) is 12.4 Å². The minimum atomic E-state index is 0.217. The SMILES string of the molecule is NNc1cc(N2CCCN(CCO)CC2)ncn1. The average Bonchev–Trinajstić information content (AvgIpc) is 2.65. The molecule has 0 spiro atoms. The third-order valence-corrected chi connectivity index (χ3v) is 3.13. The normalized spacial score (nSPS) is 17.6. The van der Waals surface area contributed by atoms with Gasteiger partial charge in [0, 0.05) is 32.2 Å². The minimum absolute atomic E-state index is 0.217. The summed E-state index contributed by atoms with van der Waals surface area (Å²) in [5, 5.41) is 8.96. The zero-order valence-corrected chi connectivity index (χ0v) is 10.4. The number of aliphatic hydroxyl groups excluding tert-OH is 1. The van der Waals surface area contributed by atoms with Gasteiger partial charge in [-0.15, -0.1) is 0 Å². The first kappa shape index (κ1) is 13.0. The number of rotatable bonds is 4. The first-order valence-corrected chi connectivity index (χ1v) is 6.20. The Morgan fingerprint density at radius 1 is 1.28 bits per heavy atom. The summed E-state index contributed by atoms with van der Waals surface area (Å²) in [5.41, 5.74) is 2.53. The van der Waals surface area contributed by atoms with E-state index >= 15 is 0 Å². The van der Waals surface area contributed by atoms with E-state index in [-0.39, 0.29) is 6.61 Å². The summed E-state index contributed by atoms with van der Waals surface area (Å²) in [5.74, 6) is 6.86. The summed E-state index contributed by atoms with van der Waals surface area (Å²) in [6, 6.07) is 1.85. The second-order valence-corrected chi connectivity index (χ2v) is 4.31. The zero-order chi connectivity index (χ0) is 12.8. The lowest BCUT2D eigenvalue weighted by atomic mass is 10.3. The van der Waals surface area contributed by atoms with Gasteiger partial charge in [-0.1, -0.05) is 0 Å². The topological polar surface area (TPSA) is 90.5 Å². The molecule has 1 saturated heterocycles. The molecular weight excluding hydrogens is 232 g/mol. The summed E-state index contributed by atoms with van der Waals surface area (Å²) in [6.07, 6.45) is 2.58. The number of nitrogens with zero attached hydrogens (tertiary/aromatic N) is 4. The highest BCUT2D eigenvalue weighted by atomic mass is 16.3. The van der Waals surface area contributed by atoms with Crippen molar-refractivity contribution in [3.8, 4) is 0 Å². The summed E-state index contributed by atoms with van der Waals surface area (Å²) in [6.45, 7) is 4.78. The minimum Gasteiger partial charge on any atom is -0.395 e. The first-order valence-electron chi connectivity index (χ1n) is 6.20. The highest BCUT2D eigenvalue weighted by Crippen LogP contribution is 2.15. The van der Waals surface area contributed by atoms with E-state index in [1.807, 2.05) is 6.07 Å². The van der Waals surface area contributed by atoms with Crippen molar-refractivity contribution < 1.29 is 5.11 Å². The number of nitrogen functional groups attached to an aromatic ring is 1. The number of nitrogens with one attached hydrogen (secondary N) is 1. The average molecular weight is 252 g/mol. The van der Waals surface area contributed by atoms with Crippen LogP contribution in [0.3, 0.4) is 0 Å². The molecule has 0 bridgehead atoms. The molecular formula is C11H20N6O. The van der Waals surface area contributed by atoms with Crippen LogP contribution in [-0.4, -0.2) is 59.3 Å². The van der Waals surface area contributed by atoms with Crippen molar-refractivity contribution in [3.63, 3.8) is 0 Å². The van der Waals surface area contributed by atoms with Gasteiger partial charge in [-0.2, -0.15) is 0 Å². The molecule has 0 amide bonds. The fourth-order valence-corrected chi connectivity index (χ4v) is 2.16. The molecule has 2 heterocycles. The molecule has 2 rings (SSSR count). The molecule has 0 aliphatic carbocycles. The van der Waals surface area contributed by atoms with Crippen LogP contribution in [0.5, 0.6) is 0 Å². The summed E-state index contributed by atoms with van der Waals surface area (Å²) in [4.78, 5) is 12.8. The number of hydrazine groups is 1. The van der Waals surface area contributed by atoms with Gasteiger partial charge in [-0.25, -0.2) is 15.8 Å². The van der Waals surface area contributed by atoms with Crippen molar-refractivity contribution in [1.82, 2.24) is 14.9 Å². The van der Waals surface area contributed by atoms with Crippen LogP contribution in [-0.2, 0) is 0 Å². The molecule has 100 valence electrons. The van der Waals surface area contributed by atoms with Crippen molar-refractivity contribution in [2.24, 2.45) is 5.84 Å². The van der Waals surface area contributed by atoms with Gasteiger partial charge in [0.2, 0.25) is 0 Å². The monoisotopic (exact) mass is 252 g/mol. The Morgan fingerprint density at radius 3 is 2.94 bits per heavy atom. The van der Waals surface area contributed by atoms with E-state index in [2.05, 4.69) is 25.2 Å². The molecule has 18 heavy (non-hydrogen) atoms. The number of β-amino-alcohol motifs (C(OH)–C–C–N with tert-alkyl or cyclic N) is 1. The quantitative estimate of drug-likeness (QED) is 0.480. The van der Waals surface area contributed by atoms with Gasteiger partial charge in [0.1, 0.15) is 18.0 Å². The van der Waals surface area contributed by atoms with Gasteiger partial charge in [0.05, 0.1) is 6.61 Å². The van der Waals surface area contributed by atoms with E-state index < -0.39 is 0 Å². The van der Waals surface area contributed by atoms with Gasteiger partial charge in [-0.05, 0) is 13.0 Å². The predicted molar refractivity (Wildman–Crippen MR) is 70.2 cm³/mol. The van der Waals surface area contributed by atoms with E-state index in [1.54, 1.807) is 0 Å². The fraction of sp³-hybridized carbons (Fsp3) is 0.636. The Morgan fingerprint density at radius 2 is 2.17 bits per heavy atom. The Labute approximate surface area is 107 Å². The highest BCUT2D eigenvalue weighted by molar-refractivity contribution is 5.47. The summed E-state index contributed by atoms with van der Waals surface area (Å²) in [7, 11) is 0. The smallest absolute Gasteiger partial charge is 0.145 e. The maximum absolute atomic E-state index is 8.96. The molecule has 1 aromatic rings. The Bertz CT molecular complexity index is 374. The van der Waals surface area contributed by atoms with Crippen LogP contribution in [0.25, 0.3) is 0 Å². The summed E-state index contributed by atoms with van der Waals surface area (Å²) >= 11 is 0. The van der Waals surface area contributed by atoms with Gasteiger partial charge >= 0.3 is 0 Å². The molecule has 0 atom stereocenters. The lowest BCUT2D eigenvalue weighted by Crippen LogP contribution is -2.32. The third kappa shape index (κ3) is 3.28. The maximum atomic E-state index is 8.96. The van der Waals surface area contributed by atoms with Gasteiger partial charge in [0.25, 0.3) is 0 Å². The predicted octanol–water partition coefficient (Wildman–Crippen LogP) is -0.733. The van der Waals surface area contributed by atoms with Crippen LogP contribution in [0.4, 0.5) is 11.6 Å². The largest absolute Gasteiger partial charge is 0.395 e. The van der Waals surface area contributed by atoms with Crippen LogP contribution >= 0.6 is 0 Å². The van der Waals surface area contributed by atoms with E-state index in [0.29, 0.717) is 5.82 Å². The molecule has 1 fully saturated rings. The molecule has 0 aromatic carbocycles. The zero-order valence-electron chi connectivity index (χ0n) is 10.4. The van der Waals surface area contributed by atoms with Gasteiger partial charge < -0.3 is 15.4 Å². The Kier molecular flexibility index (Phi) is 4.68. The lowest BCUT2D eigenvalue weighted by Gasteiger charge is -2.22. The van der Waals surface area contributed by atoms with Gasteiger partial charge in [0.15, 0.2) is 0 Å². The number of aromatic nitrogens is 2. The Hall–Kier alpha value is -1.44. The molecule has 0 radical (unpaired) electrons. The number of nitrogens with two attached hydrogens (primary N) is 1. The molecule has 4 N–H and O–H groups in total. The number of hydrogen-bond donors (Lipinski definition) is 3. The second kappa shape index (κ2) is 6.48. The fourth-order valence-electron chi connectivity index (χ4n) is 2.16. The molecule has 1 aliphatic rings. The van der Waals surface area contributed by atoms with E-state index in [4.69, 9.17) is 10.9 Å². The molecule has 0 unspecified atom stereocenters. The highest BCUT2D eigenvalue weighted by Gasteiger charge is 2.15. The van der Waals surface area contributed by atoms with Crippen LogP contribution < -0.4 is 16.2 Å². The molecule has 7 heteroatoms. The summed E-state index contributed by atoms with van der Waals surface area (Å²) < 4.78 is 0. The van der Waals surface area contributed by atoms with Crippen LogP contribution in [0, 0.1) is 0 Å². The standard InChI is InChI=1S/C11H20N6O/c12-15-10-8-11(14-9-13-10)17-3-1-2-16(4-5-17)6-7-18/h8-9,18H,1-7,12H2,(H,13,14,15). The van der Waals surface area contributed by atoms with Crippen molar-refractivity contribution >= 4 is 11.6 Å². The first-order chi connectivity index (χ1) is 8.83. The molecule has 0 saturated carbocycles. The second-order valence-electron chi connectivity index (χ2n) is 4.31. The van der Waals surface area contributed by atoms with Crippen LogP contribution in [0.15, 0.2) is 12.4 Å². The van der Waals surface area contributed by atoms with Crippen molar-refractivity contribution in [2.45, 2.75) is 6.42 Å². The number of anilines is 2. The Balaban J connectivity index is 2.00. The molecule has 1 aliphatic heterocycles. The lowest BCUT2D eigenvalue weighted by molar-refractivity contribution is 0.204. The van der Waals surface area contributed by atoms with Crippen molar-refractivity contribution in [2.75, 3.05) is 49.7 Å². The van der Waals surface area contributed by atoms with Crippen LogP contribution in [0.1, 0.15) is 6.42 Å². The molecule has 1 aromatic heterocycles. The maximum Gasteiger partial charge on any atom is 0.145 e. The third-order valence-electron chi connectivity index (χ3n) is 3.13.